The number of ether oxygens (including phenoxy) is 2. The van der Waals surface area contributed by atoms with Crippen molar-refractivity contribution in [1.82, 2.24) is 15.0 Å². The van der Waals surface area contributed by atoms with Gasteiger partial charge in [0.15, 0.2) is 11.5 Å². The molecular formula is C27H29N3O4S. The third-order valence-corrected chi connectivity index (χ3v) is 6.66. The maximum atomic E-state index is 13.4. The highest BCUT2D eigenvalue weighted by Crippen LogP contribution is 2.29. The molecule has 0 aliphatic rings. The summed E-state index contributed by atoms with van der Waals surface area (Å²) in [5.74, 6) is 1.97. The molecule has 3 aromatic heterocycles. The first-order chi connectivity index (χ1) is 17.0. The number of methoxy groups -OCH3 is 1. The fraction of sp³-hybridized carbons (Fsp3) is 0.296. The van der Waals surface area contributed by atoms with Crippen LogP contribution in [-0.2, 0) is 30.7 Å². The molecule has 3 heterocycles. The van der Waals surface area contributed by atoms with E-state index in [4.69, 9.17) is 14.0 Å². The minimum absolute atomic E-state index is 0.0275. The van der Waals surface area contributed by atoms with Crippen molar-refractivity contribution >= 4 is 17.2 Å². The first kappa shape index (κ1) is 24.5. The minimum atomic E-state index is -0.0275. The van der Waals surface area contributed by atoms with E-state index in [2.05, 4.69) is 21.6 Å². The molecule has 0 N–H and O–H groups in total. The minimum Gasteiger partial charge on any atom is -0.493 e. The molecule has 0 spiro atoms. The molecule has 4 aromatic rings. The number of aryl methyl sites for hydroxylation is 2. The molecule has 182 valence electrons. The number of amides is 1. The Labute approximate surface area is 209 Å². The Bertz CT molecular complexity index is 1220. The van der Waals surface area contributed by atoms with Crippen LogP contribution in [0.4, 0.5) is 0 Å². The molecule has 4 rings (SSSR count). The Morgan fingerprint density at radius 2 is 1.97 bits per heavy atom. The molecule has 0 atom stereocenters. The van der Waals surface area contributed by atoms with E-state index in [9.17, 15) is 4.79 Å². The molecular weight excluding hydrogens is 462 g/mol. The molecule has 1 amide bonds. The second-order valence-electron chi connectivity index (χ2n) is 8.21. The van der Waals surface area contributed by atoms with Crippen LogP contribution in [0.5, 0.6) is 11.5 Å². The van der Waals surface area contributed by atoms with Crippen LogP contribution < -0.4 is 9.47 Å². The third kappa shape index (κ3) is 6.48. The number of nitrogens with zero attached hydrogens (tertiary/aromatic N) is 3. The molecule has 0 aliphatic carbocycles. The fourth-order valence-corrected chi connectivity index (χ4v) is 4.49. The Hall–Kier alpha value is -3.65. The van der Waals surface area contributed by atoms with Crippen molar-refractivity contribution in [2.24, 2.45) is 0 Å². The van der Waals surface area contributed by atoms with Crippen molar-refractivity contribution in [3.8, 4) is 11.5 Å². The first-order valence-corrected chi connectivity index (χ1v) is 12.3. The summed E-state index contributed by atoms with van der Waals surface area (Å²) in [5.41, 5.74) is 3.32. The van der Waals surface area contributed by atoms with Crippen molar-refractivity contribution in [2.45, 2.75) is 39.8 Å². The smallest absolute Gasteiger partial charge is 0.227 e. The van der Waals surface area contributed by atoms with Crippen LogP contribution in [0, 0.1) is 13.8 Å². The normalized spacial score (nSPS) is 10.8. The van der Waals surface area contributed by atoms with Gasteiger partial charge in [-0.2, -0.15) is 0 Å². The predicted octanol–water partition coefficient (Wildman–Crippen LogP) is 5.15. The van der Waals surface area contributed by atoms with E-state index < -0.39 is 0 Å². The van der Waals surface area contributed by atoms with Crippen molar-refractivity contribution in [3.05, 3.63) is 93.3 Å². The van der Waals surface area contributed by atoms with Gasteiger partial charge in [-0.1, -0.05) is 23.4 Å². The second-order valence-corrected chi connectivity index (χ2v) is 9.25. The molecule has 0 unspecified atom stereocenters. The van der Waals surface area contributed by atoms with Gasteiger partial charge in [0, 0.05) is 29.6 Å². The van der Waals surface area contributed by atoms with Crippen LogP contribution >= 0.6 is 11.3 Å². The zero-order chi connectivity index (χ0) is 24.6. The molecule has 8 heteroatoms. The van der Waals surface area contributed by atoms with Gasteiger partial charge in [-0.25, -0.2) is 0 Å². The number of carbonyl (C=O) groups excluding carboxylic acids is 1. The summed E-state index contributed by atoms with van der Waals surface area (Å²) >= 11 is 1.72. The lowest BCUT2D eigenvalue weighted by atomic mass is 10.1. The Balaban J connectivity index is 1.49. The lowest BCUT2D eigenvalue weighted by Crippen LogP contribution is -2.32. The zero-order valence-electron chi connectivity index (χ0n) is 20.2. The van der Waals surface area contributed by atoms with E-state index in [1.807, 2.05) is 56.3 Å². The van der Waals surface area contributed by atoms with Crippen molar-refractivity contribution < 1.29 is 18.8 Å². The summed E-state index contributed by atoms with van der Waals surface area (Å²) in [5, 5.41) is 6.05. The number of pyridine rings is 1. The Kier molecular flexibility index (Phi) is 8.15. The SMILES string of the molecule is COc1cc(CN(Cc2ccccn2)C(=O)Cc2c(C)noc2C)ccc1OCCc1cccs1. The monoisotopic (exact) mass is 491 g/mol. The van der Waals surface area contributed by atoms with Crippen molar-refractivity contribution in [1.29, 1.82) is 0 Å². The van der Waals surface area contributed by atoms with Gasteiger partial charge < -0.3 is 18.9 Å². The maximum Gasteiger partial charge on any atom is 0.227 e. The topological polar surface area (TPSA) is 77.7 Å². The fourth-order valence-electron chi connectivity index (χ4n) is 3.80. The summed E-state index contributed by atoms with van der Waals surface area (Å²) in [6.07, 6.45) is 2.79. The van der Waals surface area contributed by atoms with Crippen molar-refractivity contribution in [3.63, 3.8) is 0 Å². The number of aromatic nitrogens is 2. The van der Waals surface area contributed by atoms with Gasteiger partial charge in [-0.05, 0) is 55.1 Å². The molecule has 0 fully saturated rings. The number of carbonyl (C=O) groups is 1. The highest BCUT2D eigenvalue weighted by molar-refractivity contribution is 7.09. The number of thiophene rings is 1. The molecule has 7 nitrogen and oxygen atoms in total. The van der Waals surface area contributed by atoms with Gasteiger partial charge in [0.2, 0.25) is 5.91 Å². The van der Waals surface area contributed by atoms with Crippen LogP contribution in [0.1, 0.15) is 33.2 Å². The predicted molar refractivity (Wildman–Crippen MR) is 135 cm³/mol. The van der Waals surface area contributed by atoms with E-state index in [0.29, 0.717) is 37.0 Å². The first-order valence-electron chi connectivity index (χ1n) is 11.4. The molecule has 0 bridgehead atoms. The van der Waals surface area contributed by atoms with E-state index in [1.165, 1.54) is 4.88 Å². The van der Waals surface area contributed by atoms with E-state index in [1.54, 1.807) is 29.5 Å². The number of hydrogen-bond donors (Lipinski definition) is 0. The van der Waals surface area contributed by atoms with Gasteiger partial charge in [-0.15, -0.1) is 11.3 Å². The third-order valence-electron chi connectivity index (χ3n) is 5.73. The van der Waals surface area contributed by atoms with Gasteiger partial charge in [0.25, 0.3) is 0 Å². The van der Waals surface area contributed by atoms with E-state index >= 15 is 0 Å². The molecule has 0 aliphatic heterocycles. The quantitative estimate of drug-likeness (QED) is 0.289. The van der Waals surface area contributed by atoms with Crippen LogP contribution in [-0.4, -0.2) is 34.7 Å². The summed E-state index contributed by atoms with van der Waals surface area (Å²) in [6.45, 7) is 5.05. The van der Waals surface area contributed by atoms with Gasteiger partial charge >= 0.3 is 0 Å². The Morgan fingerprint density at radius 3 is 2.66 bits per heavy atom. The van der Waals surface area contributed by atoms with Gasteiger partial charge in [0.1, 0.15) is 5.76 Å². The highest BCUT2D eigenvalue weighted by Gasteiger charge is 2.20. The molecule has 0 saturated carbocycles. The molecule has 0 radical (unpaired) electrons. The summed E-state index contributed by atoms with van der Waals surface area (Å²) in [6, 6.07) is 15.6. The highest BCUT2D eigenvalue weighted by atomic mass is 32.1. The number of rotatable bonds is 11. The van der Waals surface area contributed by atoms with Crippen LogP contribution in [0.2, 0.25) is 0 Å². The van der Waals surface area contributed by atoms with Gasteiger partial charge in [0.05, 0.1) is 38.1 Å². The molecule has 0 saturated heterocycles. The van der Waals surface area contributed by atoms with Gasteiger partial charge in [-0.3, -0.25) is 9.78 Å². The van der Waals surface area contributed by atoms with Crippen LogP contribution in [0.3, 0.4) is 0 Å². The largest absolute Gasteiger partial charge is 0.493 e. The summed E-state index contributed by atoms with van der Waals surface area (Å²) in [4.78, 5) is 20.9. The van der Waals surface area contributed by atoms with E-state index in [0.717, 1.165) is 28.9 Å². The van der Waals surface area contributed by atoms with Crippen LogP contribution in [0.25, 0.3) is 0 Å². The lowest BCUT2D eigenvalue weighted by Gasteiger charge is -2.23. The number of hydrogen-bond acceptors (Lipinski definition) is 7. The number of benzene rings is 1. The van der Waals surface area contributed by atoms with Crippen molar-refractivity contribution in [2.75, 3.05) is 13.7 Å². The maximum absolute atomic E-state index is 13.4. The zero-order valence-corrected chi connectivity index (χ0v) is 21.0. The molecule has 1 aromatic carbocycles. The molecule has 35 heavy (non-hydrogen) atoms. The standard InChI is InChI=1S/C27H29N3O4S/c1-19-24(20(2)34-29-19)16-27(31)30(18-22-7-4-5-12-28-22)17-21-9-10-25(26(15-21)32-3)33-13-11-23-8-6-14-35-23/h4-10,12,14-15H,11,13,16-18H2,1-3H3. The average molecular weight is 492 g/mol. The van der Waals surface area contributed by atoms with E-state index in [-0.39, 0.29) is 12.3 Å². The van der Waals surface area contributed by atoms with Crippen LogP contribution in [0.15, 0.2) is 64.6 Å². The Morgan fingerprint density at radius 1 is 1.09 bits per heavy atom. The average Bonchev–Trinajstić information content (AvgIpc) is 3.50. The summed E-state index contributed by atoms with van der Waals surface area (Å²) in [7, 11) is 1.62. The lowest BCUT2D eigenvalue weighted by molar-refractivity contribution is -0.131. The second kappa shape index (κ2) is 11.7. The summed E-state index contributed by atoms with van der Waals surface area (Å²) < 4.78 is 16.8.